The predicted octanol–water partition coefficient (Wildman–Crippen LogP) is 3.51. The third-order valence-corrected chi connectivity index (χ3v) is 9.05. The van der Waals surface area contributed by atoms with Crippen molar-refractivity contribution in [3.8, 4) is 0 Å². The van der Waals surface area contributed by atoms with Crippen LogP contribution in [0.5, 0.6) is 0 Å². The van der Waals surface area contributed by atoms with E-state index in [1.165, 1.54) is 19.3 Å². The molecule has 0 amide bonds. The lowest BCUT2D eigenvalue weighted by Crippen LogP contribution is -2.60. The van der Waals surface area contributed by atoms with Gasteiger partial charge in [-0.05, 0) is 81.1 Å². The quantitative estimate of drug-likeness (QED) is 0.727. The van der Waals surface area contributed by atoms with Crippen LogP contribution in [0.3, 0.4) is 0 Å². The second-order valence-corrected chi connectivity index (χ2v) is 9.50. The number of fused-ring (bicyclic) bond motifs is 5. The molecule has 0 spiro atoms. The normalized spacial score (nSPS) is 55.9. The van der Waals surface area contributed by atoms with E-state index in [2.05, 4.69) is 19.2 Å². The molecular weight excluding hydrogens is 286 g/mol. The monoisotopic (exact) mass is 319 g/mol. The Balaban J connectivity index is 1.64. The van der Waals surface area contributed by atoms with Crippen molar-refractivity contribution >= 4 is 5.78 Å². The van der Waals surface area contributed by atoms with Gasteiger partial charge in [0, 0.05) is 18.3 Å². The zero-order valence-corrected chi connectivity index (χ0v) is 15.0. The molecule has 130 valence electrons. The zero-order chi connectivity index (χ0) is 16.5. The number of ketones is 1. The Hall–Kier alpha value is -0.410. The van der Waals surface area contributed by atoms with Gasteiger partial charge in [0.1, 0.15) is 11.5 Å². The molecule has 0 heterocycles. The van der Waals surface area contributed by atoms with Gasteiger partial charge in [0.2, 0.25) is 0 Å². The van der Waals surface area contributed by atoms with Crippen LogP contribution in [0.15, 0.2) is 0 Å². The van der Waals surface area contributed by atoms with E-state index in [0.717, 1.165) is 50.4 Å². The average molecular weight is 319 g/mol. The smallest absolute Gasteiger partial charge is 0.133 e. The van der Waals surface area contributed by atoms with E-state index in [9.17, 15) is 9.90 Å². The van der Waals surface area contributed by atoms with E-state index in [1.54, 1.807) is 0 Å². The second kappa shape index (κ2) is 5.05. The summed E-state index contributed by atoms with van der Waals surface area (Å²) in [7, 11) is 1.92. The Kier molecular flexibility index (Phi) is 3.53. The maximum Gasteiger partial charge on any atom is 0.133 e. The Morgan fingerprint density at radius 2 is 1.78 bits per heavy atom. The summed E-state index contributed by atoms with van der Waals surface area (Å²) in [5.74, 6) is 3.29. The SMILES string of the molecule is CNC1(O)CC[C@H]2[C@@H]3CCC4CC(=O)CC[C@]4(C)[C@@H]3CC[C@@]21C. The minimum atomic E-state index is -0.678. The highest BCUT2D eigenvalue weighted by Gasteiger charge is 2.64. The van der Waals surface area contributed by atoms with Gasteiger partial charge in [-0.1, -0.05) is 13.8 Å². The first-order valence-electron chi connectivity index (χ1n) is 9.77. The van der Waals surface area contributed by atoms with Crippen molar-refractivity contribution in [3.63, 3.8) is 0 Å². The molecule has 0 aliphatic heterocycles. The number of hydrogen-bond acceptors (Lipinski definition) is 3. The molecule has 0 bridgehead atoms. The number of Topliss-reactive ketones (excluding diaryl/α,β-unsaturated/α-hetero) is 1. The standard InChI is InChI=1S/C20H33NO2/c1-18-9-6-14(22)12-13(18)4-5-15-16(18)7-10-19(2)17(15)8-11-20(19,23)21-3/h13,15-17,21,23H,4-12H2,1-3H3/t13?,15-,16-,17+,18+,19+,20?/m1/s1. The summed E-state index contributed by atoms with van der Waals surface area (Å²) < 4.78 is 0. The molecule has 0 aromatic carbocycles. The average Bonchev–Trinajstić information content (AvgIpc) is 2.80. The van der Waals surface area contributed by atoms with Gasteiger partial charge >= 0.3 is 0 Å². The largest absolute Gasteiger partial charge is 0.375 e. The van der Waals surface area contributed by atoms with Crippen molar-refractivity contribution in [1.29, 1.82) is 0 Å². The van der Waals surface area contributed by atoms with Gasteiger partial charge in [-0.25, -0.2) is 0 Å². The third-order valence-electron chi connectivity index (χ3n) is 9.05. The first-order chi connectivity index (χ1) is 10.8. The number of nitrogens with one attached hydrogen (secondary N) is 1. The van der Waals surface area contributed by atoms with Gasteiger partial charge in [-0.2, -0.15) is 0 Å². The molecule has 4 fully saturated rings. The molecule has 4 rings (SSSR count). The maximum atomic E-state index is 11.9. The van der Waals surface area contributed by atoms with Gasteiger partial charge in [0.15, 0.2) is 0 Å². The minimum Gasteiger partial charge on any atom is -0.375 e. The van der Waals surface area contributed by atoms with Crippen molar-refractivity contribution in [2.75, 3.05) is 7.05 Å². The van der Waals surface area contributed by atoms with Gasteiger partial charge in [0.25, 0.3) is 0 Å². The number of hydrogen-bond donors (Lipinski definition) is 2. The number of carbonyl (C=O) groups excluding carboxylic acids is 1. The molecule has 4 aliphatic rings. The van der Waals surface area contributed by atoms with Crippen LogP contribution in [0.4, 0.5) is 0 Å². The molecule has 2 unspecified atom stereocenters. The summed E-state index contributed by atoms with van der Waals surface area (Å²) in [5, 5.41) is 14.4. The number of carbonyl (C=O) groups is 1. The predicted molar refractivity (Wildman–Crippen MR) is 90.7 cm³/mol. The van der Waals surface area contributed by atoms with Crippen LogP contribution >= 0.6 is 0 Å². The lowest BCUT2D eigenvalue weighted by Gasteiger charge is -2.61. The van der Waals surface area contributed by atoms with Gasteiger partial charge in [-0.15, -0.1) is 0 Å². The van der Waals surface area contributed by atoms with E-state index in [4.69, 9.17) is 0 Å². The van der Waals surface area contributed by atoms with Gasteiger partial charge in [-0.3, -0.25) is 10.1 Å². The number of rotatable bonds is 1. The number of aliphatic hydroxyl groups is 1. The van der Waals surface area contributed by atoms with Crippen molar-refractivity contribution in [2.45, 2.75) is 77.4 Å². The zero-order valence-electron chi connectivity index (χ0n) is 15.0. The van der Waals surface area contributed by atoms with E-state index in [-0.39, 0.29) is 5.41 Å². The Labute approximate surface area is 140 Å². The van der Waals surface area contributed by atoms with E-state index >= 15 is 0 Å². The fourth-order valence-electron chi connectivity index (χ4n) is 7.47. The summed E-state index contributed by atoms with van der Waals surface area (Å²) in [6.45, 7) is 4.82. The molecular formula is C20H33NO2. The van der Waals surface area contributed by atoms with Crippen molar-refractivity contribution in [1.82, 2.24) is 5.32 Å². The molecule has 3 nitrogen and oxygen atoms in total. The van der Waals surface area contributed by atoms with Crippen LogP contribution < -0.4 is 5.32 Å². The summed E-state index contributed by atoms with van der Waals surface area (Å²) in [6, 6.07) is 0. The molecule has 0 saturated heterocycles. The van der Waals surface area contributed by atoms with Crippen molar-refractivity contribution in [3.05, 3.63) is 0 Å². The topological polar surface area (TPSA) is 49.3 Å². The summed E-state index contributed by atoms with van der Waals surface area (Å²) >= 11 is 0. The first kappa shape index (κ1) is 16.1. The molecule has 2 N–H and O–H groups in total. The molecule has 3 heteroatoms. The Morgan fingerprint density at radius 1 is 1.04 bits per heavy atom. The summed E-state index contributed by atoms with van der Waals surface area (Å²) in [5.41, 5.74) is -0.280. The summed E-state index contributed by atoms with van der Waals surface area (Å²) in [6.07, 6.45) is 9.68. The molecule has 23 heavy (non-hydrogen) atoms. The Bertz CT molecular complexity index is 520. The van der Waals surface area contributed by atoms with Crippen LogP contribution in [0.25, 0.3) is 0 Å². The minimum absolute atomic E-state index is 0.0244. The van der Waals surface area contributed by atoms with Crippen molar-refractivity contribution in [2.24, 2.45) is 34.5 Å². The van der Waals surface area contributed by atoms with E-state index in [0.29, 0.717) is 23.0 Å². The van der Waals surface area contributed by atoms with E-state index in [1.807, 2.05) is 7.05 Å². The highest BCUT2D eigenvalue weighted by Crippen LogP contribution is 2.67. The van der Waals surface area contributed by atoms with Gasteiger partial charge in [0.05, 0.1) is 0 Å². The van der Waals surface area contributed by atoms with Crippen molar-refractivity contribution < 1.29 is 9.90 Å². The lowest BCUT2D eigenvalue weighted by molar-refractivity contribution is -0.163. The Morgan fingerprint density at radius 3 is 2.52 bits per heavy atom. The van der Waals surface area contributed by atoms with Crippen LogP contribution in [-0.4, -0.2) is 23.7 Å². The van der Waals surface area contributed by atoms with E-state index < -0.39 is 5.72 Å². The maximum absolute atomic E-state index is 11.9. The molecule has 4 saturated carbocycles. The first-order valence-corrected chi connectivity index (χ1v) is 9.77. The van der Waals surface area contributed by atoms with Gasteiger partial charge < -0.3 is 5.11 Å². The third kappa shape index (κ3) is 1.99. The van der Waals surface area contributed by atoms with Crippen LogP contribution in [0.1, 0.15) is 71.6 Å². The molecule has 0 radical (unpaired) electrons. The molecule has 0 aromatic heterocycles. The molecule has 7 atom stereocenters. The molecule has 4 aliphatic carbocycles. The lowest BCUT2D eigenvalue weighted by atomic mass is 9.45. The van der Waals surface area contributed by atoms with Crippen LogP contribution in [0, 0.1) is 34.5 Å². The molecule has 0 aromatic rings. The van der Waals surface area contributed by atoms with Crippen LogP contribution in [-0.2, 0) is 4.79 Å². The fourth-order valence-corrected chi connectivity index (χ4v) is 7.47. The second-order valence-electron chi connectivity index (χ2n) is 9.50. The summed E-state index contributed by atoms with van der Waals surface area (Å²) in [4.78, 5) is 11.9. The fraction of sp³-hybridized carbons (Fsp3) is 0.950. The van der Waals surface area contributed by atoms with Crippen LogP contribution in [0.2, 0.25) is 0 Å². The highest BCUT2D eigenvalue weighted by molar-refractivity contribution is 5.79. The highest BCUT2D eigenvalue weighted by atomic mass is 16.3.